The molecule has 1 saturated carbocycles. The van der Waals surface area contributed by atoms with Crippen molar-refractivity contribution in [1.82, 2.24) is 4.31 Å². The van der Waals surface area contributed by atoms with E-state index in [-0.39, 0.29) is 40.3 Å². The number of thiophene rings is 1. The minimum Gasteiger partial charge on any atom is -0.469 e. The number of sulfonamides is 1. The molecule has 0 atom stereocenters. The number of carbonyl (C=O) groups is 4. The summed E-state index contributed by atoms with van der Waals surface area (Å²) in [4.78, 5) is 52.7. The van der Waals surface area contributed by atoms with Crippen molar-refractivity contribution in [2.45, 2.75) is 88.5 Å². The normalized spacial score (nSPS) is 16.8. The Morgan fingerprint density at radius 1 is 0.786 bits per heavy atom. The average molecular weight is 800 g/mol. The molecule has 3 aromatic carbocycles. The second-order valence-electron chi connectivity index (χ2n) is 14.4. The second kappa shape index (κ2) is 18.4. The fraction of sp³-hybridized carbons (Fsp3) is 0.395. The van der Waals surface area contributed by atoms with E-state index >= 15 is 0 Å². The number of amides is 2. The average Bonchev–Trinajstić information content (AvgIpc) is 3.60. The lowest BCUT2D eigenvalue weighted by atomic mass is 9.86. The summed E-state index contributed by atoms with van der Waals surface area (Å²) >= 11 is 1.40. The first-order valence-corrected chi connectivity index (χ1v) is 21.5. The van der Waals surface area contributed by atoms with Gasteiger partial charge >= 0.3 is 11.9 Å². The third-order valence-electron chi connectivity index (χ3n) is 10.7. The molecule has 0 radical (unpaired) electrons. The molecule has 4 aromatic rings. The van der Waals surface area contributed by atoms with E-state index in [9.17, 15) is 27.6 Å². The van der Waals surface area contributed by atoms with Gasteiger partial charge in [-0.25, -0.2) is 13.2 Å². The van der Waals surface area contributed by atoms with Gasteiger partial charge in [0.1, 0.15) is 5.00 Å². The van der Waals surface area contributed by atoms with Crippen LogP contribution in [0.25, 0.3) is 0 Å². The van der Waals surface area contributed by atoms with Gasteiger partial charge in [0.2, 0.25) is 10.0 Å². The zero-order valence-corrected chi connectivity index (χ0v) is 33.7. The van der Waals surface area contributed by atoms with E-state index in [4.69, 9.17) is 9.47 Å². The van der Waals surface area contributed by atoms with Crippen LogP contribution in [0.5, 0.6) is 0 Å². The van der Waals surface area contributed by atoms with Gasteiger partial charge in [0.05, 0.1) is 36.2 Å². The summed E-state index contributed by atoms with van der Waals surface area (Å²) < 4.78 is 39.4. The number of hydrogen-bond acceptors (Lipinski definition) is 9. The van der Waals surface area contributed by atoms with Crippen LogP contribution in [0.4, 0.5) is 10.7 Å². The van der Waals surface area contributed by atoms with Gasteiger partial charge in [0.15, 0.2) is 0 Å². The number of nitrogens with one attached hydrogen (secondary N) is 2. The minimum absolute atomic E-state index is 0.0250. The Hall–Kier alpha value is -4.85. The predicted octanol–water partition coefficient (Wildman–Crippen LogP) is 7.84. The van der Waals surface area contributed by atoms with Crippen molar-refractivity contribution >= 4 is 55.8 Å². The number of aryl methyl sites for hydroxylation is 3. The quantitative estimate of drug-likeness (QED) is 0.123. The Balaban J connectivity index is 1.14. The molecular formula is C43H49N3O8S2. The molecule has 13 heteroatoms. The van der Waals surface area contributed by atoms with Crippen molar-refractivity contribution in [3.05, 3.63) is 111 Å². The molecule has 2 N–H and O–H groups in total. The Morgan fingerprint density at radius 2 is 1.45 bits per heavy atom. The summed E-state index contributed by atoms with van der Waals surface area (Å²) in [7, 11) is -1.23. The van der Waals surface area contributed by atoms with E-state index in [1.807, 2.05) is 43.3 Å². The number of fused-ring (bicyclic) bond motifs is 1. The van der Waals surface area contributed by atoms with Crippen LogP contribution in [-0.4, -0.2) is 63.3 Å². The Morgan fingerprint density at radius 3 is 2.09 bits per heavy atom. The van der Waals surface area contributed by atoms with Crippen LogP contribution < -0.4 is 10.6 Å². The van der Waals surface area contributed by atoms with Gasteiger partial charge in [-0.1, -0.05) is 37.3 Å². The number of methoxy groups -OCH3 is 2. The van der Waals surface area contributed by atoms with E-state index in [2.05, 4.69) is 10.6 Å². The first-order chi connectivity index (χ1) is 27.0. The topological polar surface area (TPSA) is 148 Å². The van der Waals surface area contributed by atoms with Gasteiger partial charge in [-0.2, -0.15) is 4.31 Å². The number of nitrogens with zero attached hydrogens (tertiary/aromatic N) is 1. The Bertz CT molecular complexity index is 2160. The number of benzene rings is 3. The van der Waals surface area contributed by atoms with Crippen molar-refractivity contribution in [3.63, 3.8) is 0 Å². The highest BCUT2D eigenvalue weighted by atomic mass is 32.2. The smallest absolute Gasteiger partial charge is 0.337 e. The SMILES string of the molecule is CCCN(C1CCC(C(=O)OC)CC1)S(=O)(=O)c1cccc(C(=O)Nc2sc3c(c2C(=O)Nc2ccc(CCc4ccc(C(=O)OC)cc4)cc2)CCCC3)c1. The molecule has 56 heavy (non-hydrogen) atoms. The molecule has 2 aliphatic carbocycles. The molecule has 0 spiro atoms. The number of rotatable bonds is 14. The Kier molecular flexibility index (Phi) is 13.4. The molecule has 1 heterocycles. The molecule has 11 nitrogen and oxygen atoms in total. The van der Waals surface area contributed by atoms with Crippen molar-refractivity contribution in [2.24, 2.45) is 5.92 Å². The van der Waals surface area contributed by atoms with Gasteiger partial charge in [-0.05, 0) is 130 Å². The lowest BCUT2D eigenvalue weighted by Crippen LogP contribution is -2.43. The molecular weight excluding hydrogens is 751 g/mol. The van der Waals surface area contributed by atoms with Gasteiger partial charge < -0.3 is 20.1 Å². The summed E-state index contributed by atoms with van der Waals surface area (Å²) in [5.41, 5.74) is 4.87. The Labute approximate surface area is 332 Å². The summed E-state index contributed by atoms with van der Waals surface area (Å²) in [6.45, 7) is 2.25. The zero-order valence-electron chi connectivity index (χ0n) is 32.1. The van der Waals surface area contributed by atoms with Crippen LogP contribution in [0, 0.1) is 5.92 Å². The number of ether oxygens (including phenoxy) is 2. The molecule has 2 amide bonds. The lowest BCUT2D eigenvalue weighted by molar-refractivity contribution is -0.146. The largest absolute Gasteiger partial charge is 0.469 e. The molecule has 0 bridgehead atoms. The summed E-state index contributed by atoms with van der Waals surface area (Å²) in [6.07, 6.45) is 7.86. The third kappa shape index (κ3) is 9.39. The monoisotopic (exact) mass is 799 g/mol. The molecule has 296 valence electrons. The summed E-state index contributed by atoms with van der Waals surface area (Å²) in [5, 5.41) is 6.44. The van der Waals surface area contributed by atoms with Gasteiger partial charge in [-0.3, -0.25) is 14.4 Å². The maximum absolute atomic E-state index is 14.1. The molecule has 1 fully saturated rings. The molecule has 0 aliphatic heterocycles. The summed E-state index contributed by atoms with van der Waals surface area (Å²) in [6, 6.07) is 20.8. The predicted molar refractivity (Wildman–Crippen MR) is 217 cm³/mol. The number of anilines is 2. The van der Waals surface area contributed by atoms with Crippen LogP contribution in [0.3, 0.4) is 0 Å². The van der Waals surface area contributed by atoms with Gasteiger partial charge in [0.25, 0.3) is 11.8 Å². The summed E-state index contributed by atoms with van der Waals surface area (Å²) in [5.74, 6) is -1.67. The second-order valence-corrected chi connectivity index (χ2v) is 17.4. The highest BCUT2D eigenvalue weighted by Crippen LogP contribution is 2.39. The molecule has 0 unspecified atom stereocenters. The number of hydrogen-bond donors (Lipinski definition) is 2. The van der Waals surface area contributed by atoms with Crippen LogP contribution >= 0.6 is 11.3 Å². The fourth-order valence-electron chi connectivity index (χ4n) is 7.65. The highest BCUT2D eigenvalue weighted by molar-refractivity contribution is 7.89. The van der Waals surface area contributed by atoms with E-state index in [1.54, 1.807) is 24.3 Å². The van der Waals surface area contributed by atoms with E-state index < -0.39 is 15.9 Å². The maximum atomic E-state index is 14.1. The number of esters is 2. The van der Waals surface area contributed by atoms with E-state index in [0.29, 0.717) is 60.5 Å². The highest BCUT2D eigenvalue weighted by Gasteiger charge is 2.36. The molecule has 2 aliphatic rings. The van der Waals surface area contributed by atoms with Crippen molar-refractivity contribution in [2.75, 3.05) is 31.4 Å². The first kappa shape index (κ1) is 40.8. The first-order valence-electron chi connectivity index (χ1n) is 19.3. The molecule has 1 aromatic heterocycles. The van der Waals surface area contributed by atoms with E-state index in [0.717, 1.165) is 60.1 Å². The van der Waals surface area contributed by atoms with Crippen molar-refractivity contribution in [1.29, 1.82) is 0 Å². The van der Waals surface area contributed by atoms with Crippen LogP contribution in [0.1, 0.15) is 105 Å². The fourth-order valence-corrected chi connectivity index (χ4v) is 10.8. The third-order valence-corrected chi connectivity index (χ3v) is 13.9. The zero-order chi connectivity index (χ0) is 39.8. The van der Waals surface area contributed by atoms with Crippen LogP contribution in [0.15, 0.2) is 77.7 Å². The van der Waals surface area contributed by atoms with Crippen molar-refractivity contribution < 1.29 is 37.1 Å². The van der Waals surface area contributed by atoms with Gasteiger partial charge in [0, 0.05) is 28.7 Å². The van der Waals surface area contributed by atoms with Crippen LogP contribution in [-0.2, 0) is 50.0 Å². The molecule has 0 saturated heterocycles. The maximum Gasteiger partial charge on any atom is 0.337 e. The van der Waals surface area contributed by atoms with Gasteiger partial charge in [-0.15, -0.1) is 11.3 Å². The minimum atomic E-state index is -3.96. The van der Waals surface area contributed by atoms with Crippen molar-refractivity contribution in [3.8, 4) is 0 Å². The standard InChI is InChI=1S/C43H49N3O8S2/c1-4-26-46(34-24-20-31(21-25-34)43(50)54-3)56(51,52)35-9-7-8-32(27-35)39(47)45-41-38(36-10-5-6-11-37(36)55-41)40(48)44-33-22-16-29(17-23-33)13-12-28-14-18-30(19-15-28)42(49)53-2/h7-9,14-19,22-23,27,31,34H,4-6,10-13,20-21,24-26H2,1-3H3,(H,44,48)(H,45,47). The van der Waals surface area contributed by atoms with Crippen LogP contribution in [0.2, 0.25) is 0 Å². The molecule has 6 rings (SSSR count). The van der Waals surface area contributed by atoms with E-state index in [1.165, 1.54) is 42.0 Å². The number of carbonyl (C=O) groups excluding carboxylic acids is 4. The lowest BCUT2D eigenvalue weighted by Gasteiger charge is -2.35.